The van der Waals surface area contributed by atoms with Crippen molar-refractivity contribution in [2.45, 2.75) is 33.4 Å². The Labute approximate surface area is 171 Å². The van der Waals surface area contributed by atoms with Crippen LogP contribution in [0, 0.1) is 5.92 Å². The van der Waals surface area contributed by atoms with Crippen LogP contribution in [0.25, 0.3) is 11.4 Å². The summed E-state index contributed by atoms with van der Waals surface area (Å²) in [7, 11) is 0. The van der Waals surface area contributed by atoms with Gasteiger partial charge in [0.2, 0.25) is 17.6 Å². The quantitative estimate of drug-likeness (QED) is 0.763. The minimum atomic E-state index is 0.0964. The zero-order valence-corrected chi connectivity index (χ0v) is 17.4. The Kier molecular flexibility index (Phi) is 7.04. The topological polar surface area (TPSA) is 74.5 Å². The van der Waals surface area contributed by atoms with Gasteiger partial charge in [-0.15, -0.1) is 0 Å². The van der Waals surface area contributed by atoms with Crippen molar-refractivity contribution in [3.05, 3.63) is 35.2 Å². The normalized spacial score (nSPS) is 17.0. The van der Waals surface area contributed by atoms with Crippen LogP contribution in [0.2, 0.25) is 5.02 Å². The van der Waals surface area contributed by atoms with Crippen LogP contribution in [0.15, 0.2) is 28.8 Å². The Balaban J connectivity index is 1.44. The zero-order chi connectivity index (χ0) is 20.1. The van der Waals surface area contributed by atoms with Gasteiger partial charge in [0, 0.05) is 42.8 Å². The second-order valence-corrected chi connectivity index (χ2v) is 8.11. The molecule has 1 aromatic heterocycles. The fraction of sp³-hybridized carbons (Fsp3) is 0.550. The molecule has 1 aliphatic rings. The van der Waals surface area contributed by atoms with Crippen molar-refractivity contribution in [3.8, 4) is 11.4 Å². The molecule has 1 fully saturated rings. The van der Waals surface area contributed by atoms with E-state index in [-0.39, 0.29) is 11.9 Å². The molecule has 0 bridgehead atoms. The molecular weight excluding hydrogens is 378 g/mol. The first-order valence-corrected chi connectivity index (χ1v) is 10.1. The number of nitrogens with one attached hydrogen (secondary N) is 1. The lowest BCUT2D eigenvalue weighted by Crippen LogP contribution is -2.50. The number of carbonyl (C=O) groups is 1. The van der Waals surface area contributed by atoms with Crippen molar-refractivity contribution < 1.29 is 9.32 Å². The van der Waals surface area contributed by atoms with Crippen LogP contribution in [0.4, 0.5) is 0 Å². The van der Waals surface area contributed by atoms with Gasteiger partial charge >= 0.3 is 0 Å². The molecule has 1 saturated heterocycles. The Morgan fingerprint density at radius 3 is 2.43 bits per heavy atom. The third-order valence-electron chi connectivity index (χ3n) is 5.15. The summed E-state index contributed by atoms with van der Waals surface area (Å²) in [4.78, 5) is 21.1. The third-order valence-corrected chi connectivity index (χ3v) is 5.40. The monoisotopic (exact) mass is 405 g/mol. The van der Waals surface area contributed by atoms with Crippen molar-refractivity contribution in [3.63, 3.8) is 0 Å². The number of hydrogen-bond acceptors (Lipinski definition) is 6. The Morgan fingerprint density at radius 2 is 1.79 bits per heavy atom. The van der Waals surface area contributed by atoms with Gasteiger partial charge in [-0.05, 0) is 37.1 Å². The highest BCUT2D eigenvalue weighted by Crippen LogP contribution is 2.19. The molecule has 7 nitrogen and oxygen atoms in total. The molecule has 8 heteroatoms. The van der Waals surface area contributed by atoms with E-state index in [1.54, 1.807) is 0 Å². The SMILES string of the molecule is CC(C)C(C)NC(=O)CN1CCN(Cc2nc(-c3ccc(Cl)cc3)no2)CC1. The molecule has 1 atom stereocenters. The van der Waals surface area contributed by atoms with Crippen molar-refractivity contribution >= 4 is 17.5 Å². The lowest BCUT2D eigenvalue weighted by atomic mass is 10.1. The number of carbonyl (C=O) groups excluding carboxylic acids is 1. The van der Waals surface area contributed by atoms with Crippen molar-refractivity contribution in [1.29, 1.82) is 0 Å². The minimum absolute atomic E-state index is 0.0964. The molecule has 28 heavy (non-hydrogen) atoms. The predicted molar refractivity (Wildman–Crippen MR) is 109 cm³/mol. The molecule has 0 saturated carbocycles. The maximum Gasteiger partial charge on any atom is 0.241 e. The van der Waals surface area contributed by atoms with Crippen LogP contribution in [0.5, 0.6) is 0 Å². The molecule has 0 spiro atoms. The molecule has 1 N–H and O–H groups in total. The molecule has 152 valence electrons. The van der Waals surface area contributed by atoms with E-state index < -0.39 is 0 Å². The Hall–Kier alpha value is -1.96. The summed E-state index contributed by atoms with van der Waals surface area (Å²) in [6.45, 7) is 10.8. The van der Waals surface area contributed by atoms with Crippen LogP contribution in [0.3, 0.4) is 0 Å². The van der Waals surface area contributed by atoms with Crippen LogP contribution >= 0.6 is 11.6 Å². The zero-order valence-electron chi connectivity index (χ0n) is 16.7. The van der Waals surface area contributed by atoms with E-state index in [4.69, 9.17) is 16.1 Å². The second kappa shape index (κ2) is 9.49. The van der Waals surface area contributed by atoms with Crippen molar-refractivity contribution in [1.82, 2.24) is 25.3 Å². The van der Waals surface area contributed by atoms with E-state index in [0.29, 0.717) is 35.7 Å². The van der Waals surface area contributed by atoms with Gasteiger partial charge in [0.15, 0.2) is 0 Å². The minimum Gasteiger partial charge on any atom is -0.352 e. The largest absolute Gasteiger partial charge is 0.352 e. The average molecular weight is 406 g/mol. The van der Waals surface area contributed by atoms with E-state index in [1.165, 1.54) is 0 Å². The standard InChI is InChI=1S/C20H28ClN5O2/c1-14(2)15(3)22-18(27)12-25-8-10-26(11-9-25)13-19-23-20(24-28-19)16-4-6-17(21)7-5-16/h4-7,14-15H,8-13H2,1-3H3,(H,22,27). The molecule has 1 unspecified atom stereocenters. The van der Waals surface area contributed by atoms with Gasteiger partial charge in [0.25, 0.3) is 0 Å². The van der Waals surface area contributed by atoms with Crippen LogP contribution in [-0.4, -0.2) is 64.6 Å². The average Bonchev–Trinajstić information content (AvgIpc) is 3.12. The van der Waals surface area contributed by atoms with Crippen LogP contribution < -0.4 is 5.32 Å². The van der Waals surface area contributed by atoms with Crippen LogP contribution in [-0.2, 0) is 11.3 Å². The highest BCUT2D eigenvalue weighted by molar-refractivity contribution is 6.30. The second-order valence-electron chi connectivity index (χ2n) is 7.67. The molecule has 0 radical (unpaired) electrons. The molecule has 1 amide bonds. The van der Waals surface area contributed by atoms with Crippen molar-refractivity contribution in [2.24, 2.45) is 5.92 Å². The van der Waals surface area contributed by atoms with E-state index in [0.717, 1.165) is 31.7 Å². The number of benzene rings is 1. The summed E-state index contributed by atoms with van der Waals surface area (Å²) in [6.07, 6.45) is 0. The van der Waals surface area contributed by atoms with Gasteiger partial charge in [0.1, 0.15) is 0 Å². The molecule has 3 rings (SSSR count). The van der Waals surface area contributed by atoms with E-state index >= 15 is 0 Å². The lowest BCUT2D eigenvalue weighted by Gasteiger charge is -2.33. The lowest BCUT2D eigenvalue weighted by molar-refractivity contribution is -0.123. The number of nitrogens with zero attached hydrogens (tertiary/aromatic N) is 4. The molecule has 1 aliphatic heterocycles. The number of piperazine rings is 1. The maximum atomic E-state index is 12.1. The summed E-state index contributed by atoms with van der Waals surface area (Å²) in [5, 5.41) is 7.80. The fourth-order valence-corrected chi connectivity index (χ4v) is 3.13. The maximum absolute atomic E-state index is 12.1. The Morgan fingerprint density at radius 1 is 1.14 bits per heavy atom. The Bertz CT molecular complexity index is 769. The summed E-state index contributed by atoms with van der Waals surface area (Å²) >= 11 is 5.91. The van der Waals surface area contributed by atoms with Gasteiger partial charge in [-0.1, -0.05) is 30.6 Å². The first-order valence-electron chi connectivity index (χ1n) is 9.73. The number of amides is 1. The van der Waals surface area contributed by atoms with Crippen molar-refractivity contribution in [2.75, 3.05) is 32.7 Å². The van der Waals surface area contributed by atoms with E-state index in [9.17, 15) is 4.79 Å². The summed E-state index contributed by atoms with van der Waals surface area (Å²) in [5.74, 6) is 1.70. The smallest absolute Gasteiger partial charge is 0.241 e. The molecule has 2 aromatic rings. The van der Waals surface area contributed by atoms with E-state index in [2.05, 4.69) is 39.1 Å². The van der Waals surface area contributed by atoms with Gasteiger partial charge in [-0.25, -0.2) is 0 Å². The first-order chi connectivity index (χ1) is 13.4. The number of aromatic nitrogens is 2. The van der Waals surface area contributed by atoms with Gasteiger partial charge in [0.05, 0.1) is 13.1 Å². The molecular formula is C20H28ClN5O2. The van der Waals surface area contributed by atoms with Gasteiger partial charge in [-0.2, -0.15) is 4.98 Å². The highest BCUT2D eigenvalue weighted by Gasteiger charge is 2.21. The number of rotatable bonds is 7. The molecule has 1 aromatic carbocycles. The highest BCUT2D eigenvalue weighted by atomic mass is 35.5. The number of halogens is 1. The molecule has 2 heterocycles. The van der Waals surface area contributed by atoms with Gasteiger partial charge in [-0.3, -0.25) is 14.6 Å². The third kappa shape index (κ3) is 5.77. The van der Waals surface area contributed by atoms with Gasteiger partial charge < -0.3 is 9.84 Å². The van der Waals surface area contributed by atoms with Crippen LogP contribution in [0.1, 0.15) is 26.7 Å². The summed E-state index contributed by atoms with van der Waals surface area (Å²) in [6, 6.07) is 7.57. The summed E-state index contributed by atoms with van der Waals surface area (Å²) in [5.41, 5.74) is 0.880. The first kappa shape index (κ1) is 20.8. The molecule has 0 aliphatic carbocycles. The predicted octanol–water partition coefficient (Wildman–Crippen LogP) is 2.67. The number of hydrogen-bond donors (Lipinski definition) is 1. The van der Waals surface area contributed by atoms with E-state index in [1.807, 2.05) is 31.2 Å². The summed E-state index contributed by atoms with van der Waals surface area (Å²) < 4.78 is 5.40. The fourth-order valence-electron chi connectivity index (χ4n) is 3.00.